The van der Waals surface area contributed by atoms with E-state index in [1.807, 2.05) is 17.6 Å². The number of hydrogen-bond acceptors (Lipinski definition) is 5. The van der Waals surface area contributed by atoms with Gasteiger partial charge in [0, 0.05) is 25.7 Å². The number of aromatic nitrogens is 1. The number of hydrogen-bond donors (Lipinski definition) is 0. The number of carbonyl (C=O) groups excluding carboxylic acids is 1. The fourth-order valence-corrected chi connectivity index (χ4v) is 6.83. The van der Waals surface area contributed by atoms with Gasteiger partial charge in [-0.3, -0.25) is 9.69 Å². The number of piperidine rings is 1. The van der Waals surface area contributed by atoms with Gasteiger partial charge in [-0.1, -0.05) is 25.0 Å². The molecule has 5 rings (SSSR count). The molecule has 156 valence electrons. The molecule has 5 nitrogen and oxygen atoms in total. The van der Waals surface area contributed by atoms with Crippen molar-refractivity contribution in [2.75, 3.05) is 13.1 Å². The Bertz CT molecular complexity index is 962. The maximum atomic E-state index is 13.4. The number of likely N-dealkylation sites (tertiary alicyclic amines) is 2. The van der Waals surface area contributed by atoms with E-state index in [0.29, 0.717) is 17.5 Å². The van der Waals surface area contributed by atoms with Gasteiger partial charge in [0.05, 0.1) is 39.2 Å². The van der Waals surface area contributed by atoms with Crippen LogP contribution in [-0.4, -0.2) is 39.8 Å². The highest BCUT2D eigenvalue weighted by molar-refractivity contribution is 7.09. The summed E-state index contributed by atoms with van der Waals surface area (Å²) in [7, 11) is 0. The van der Waals surface area contributed by atoms with Gasteiger partial charge >= 0.3 is 0 Å². The van der Waals surface area contributed by atoms with Crippen molar-refractivity contribution in [3.8, 4) is 6.07 Å². The van der Waals surface area contributed by atoms with Crippen LogP contribution in [0.2, 0.25) is 0 Å². The third-order valence-electron chi connectivity index (χ3n) is 7.43. The zero-order valence-corrected chi connectivity index (χ0v) is 18.3. The Morgan fingerprint density at radius 2 is 1.90 bits per heavy atom. The van der Waals surface area contributed by atoms with Crippen LogP contribution in [0.4, 0.5) is 0 Å². The third-order valence-corrected chi connectivity index (χ3v) is 8.41. The average Bonchev–Trinajstić information content (AvgIpc) is 3.44. The van der Waals surface area contributed by atoms with Gasteiger partial charge in [-0.25, -0.2) is 4.98 Å². The molecule has 1 aliphatic carbocycles. The first-order valence-corrected chi connectivity index (χ1v) is 11.9. The fourth-order valence-electron chi connectivity index (χ4n) is 5.81. The van der Waals surface area contributed by atoms with E-state index < -0.39 is 0 Å². The molecule has 3 heterocycles. The molecule has 2 aromatic rings. The minimum absolute atomic E-state index is 0.142. The highest BCUT2D eigenvalue weighted by Crippen LogP contribution is 2.61. The van der Waals surface area contributed by atoms with Crippen LogP contribution in [0, 0.1) is 23.7 Å². The number of nitriles is 1. The molecule has 0 radical (unpaired) electrons. The number of aryl methyl sites for hydroxylation is 1. The fraction of sp³-hybridized carbons (Fsp3) is 0.542. The predicted octanol–water partition coefficient (Wildman–Crippen LogP) is 4.43. The van der Waals surface area contributed by atoms with E-state index in [2.05, 4.69) is 39.9 Å². The van der Waals surface area contributed by atoms with Gasteiger partial charge in [-0.05, 0) is 50.3 Å². The molecule has 1 aromatic heterocycles. The standard InChI is InChI=1S/C24H28N4OS/c1-17-21(30-16-26-17)22-24(10-2-3-11-24)23(29)28(22)20-8-12-27(13-9-20)15-19-6-4-18(14-25)5-7-19/h4-7,16,20,22H,2-3,8-13,15H2,1H3. The first-order chi connectivity index (χ1) is 14.6. The third kappa shape index (κ3) is 3.16. The van der Waals surface area contributed by atoms with Crippen LogP contribution in [0.15, 0.2) is 29.8 Å². The highest BCUT2D eigenvalue weighted by atomic mass is 32.1. The molecule has 1 saturated carbocycles. The van der Waals surface area contributed by atoms with E-state index in [9.17, 15) is 4.79 Å². The van der Waals surface area contributed by atoms with Crippen LogP contribution in [0.5, 0.6) is 0 Å². The number of nitrogens with zero attached hydrogens (tertiary/aromatic N) is 4. The minimum Gasteiger partial charge on any atom is -0.330 e. The molecule has 2 saturated heterocycles. The van der Waals surface area contributed by atoms with Crippen molar-refractivity contribution in [1.29, 1.82) is 5.26 Å². The molecular formula is C24H28N4OS. The summed E-state index contributed by atoms with van der Waals surface area (Å²) in [5.74, 6) is 0.406. The first kappa shape index (κ1) is 19.7. The molecule has 1 atom stereocenters. The summed E-state index contributed by atoms with van der Waals surface area (Å²) in [6.07, 6.45) is 6.51. The molecule has 1 unspecified atom stereocenters. The molecule has 30 heavy (non-hydrogen) atoms. The van der Waals surface area contributed by atoms with Crippen molar-refractivity contribution in [2.45, 2.75) is 64.1 Å². The Morgan fingerprint density at radius 1 is 1.20 bits per heavy atom. The smallest absolute Gasteiger partial charge is 0.232 e. The van der Waals surface area contributed by atoms with Gasteiger partial charge in [-0.15, -0.1) is 11.3 Å². The lowest BCUT2D eigenvalue weighted by Crippen LogP contribution is -2.66. The Balaban J connectivity index is 1.27. The maximum Gasteiger partial charge on any atom is 0.232 e. The highest BCUT2D eigenvalue weighted by Gasteiger charge is 2.63. The topological polar surface area (TPSA) is 60.2 Å². The van der Waals surface area contributed by atoms with Crippen LogP contribution in [0.1, 0.15) is 66.3 Å². The Labute approximate surface area is 182 Å². The normalized spacial score (nSPS) is 24.2. The molecule has 3 aliphatic rings. The van der Waals surface area contributed by atoms with Gasteiger partial charge in [-0.2, -0.15) is 5.26 Å². The van der Waals surface area contributed by atoms with Gasteiger partial charge < -0.3 is 4.90 Å². The van der Waals surface area contributed by atoms with Crippen molar-refractivity contribution >= 4 is 17.2 Å². The summed E-state index contributed by atoms with van der Waals surface area (Å²) in [6.45, 7) is 5.02. The van der Waals surface area contributed by atoms with E-state index in [0.717, 1.165) is 51.0 Å². The van der Waals surface area contributed by atoms with Crippen molar-refractivity contribution < 1.29 is 4.79 Å². The average molecular weight is 421 g/mol. The quantitative estimate of drug-likeness (QED) is 0.687. The molecule has 1 aromatic carbocycles. The van der Waals surface area contributed by atoms with E-state index in [4.69, 9.17) is 5.26 Å². The summed E-state index contributed by atoms with van der Waals surface area (Å²) >= 11 is 1.73. The van der Waals surface area contributed by atoms with Gasteiger partial charge in [0.25, 0.3) is 0 Å². The van der Waals surface area contributed by atoms with E-state index in [1.54, 1.807) is 11.3 Å². The second kappa shape index (κ2) is 7.79. The monoisotopic (exact) mass is 420 g/mol. The van der Waals surface area contributed by atoms with Crippen LogP contribution < -0.4 is 0 Å². The van der Waals surface area contributed by atoms with Crippen LogP contribution in [0.3, 0.4) is 0 Å². The first-order valence-electron chi connectivity index (χ1n) is 11.1. The largest absolute Gasteiger partial charge is 0.330 e. The van der Waals surface area contributed by atoms with E-state index >= 15 is 0 Å². The molecule has 3 fully saturated rings. The van der Waals surface area contributed by atoms with Gasteiger partial charge in [0.2, 0.25) is 5.91 Å². The van der Waals surface area contributed by atoms with E-state index in [-0.39, 0.29) is 11.5 Å². The lowest BCUT2D eigenvalue weighted by molar-refractivity contribution is -0.180. The number of rotatable bonds is 4. The summed E-state index contributed by atoms with van der Waals surface area (Å²) in [5, 5.41) is 8.97. The minimum atomic E-state index is -0.142. The maximum absolute atomic E-state index is 13.4. The molecule has 2 aliphatic heterocycles. The zero-order valence-electron chi connectivity index (χ0n) is 17.5. The van der Waals surface area contributed by atoms with Gasteiger partial charge in [0.15, 0.2) is 0 Å². The van der Waals surface area contributed by atoms with Crippen LogP contribution >= 0.6 is 11.3 Å². The summed E-state index contributed by atoms with van der Waals surface area (Å²) in [4.78, 5) is 23.9. The number of thiazole rings is 1. The molecule has 0 N–H and O–H groups in total. The Morgan fingerprint density at radius 3 is 2.50 bits per heavy atom. The lowest BCUT2D eigenvalue weighted by Gasteiger charge is -2.58. The van der Waals surface area contributed by atoms with Crippen LogP contribution in [-0.2, 0) is 11.3 Å². The van der Waals surface area contributed by atoms with Crippen molar-refractivity contribution in [3.05, 3.63) is 51.5 Å². The second-order valence-electron chi connectivity index (χ2n) is 9.10. The lowest BCUT2D eigenvalue weighted by atomic mass is 9.67. The molecule has 1 spiro atoms. The zero-order chi connectivity index (χ0) is 20.7. The summed E-state index contributed by atoms with van der Waals surface area (Å²) in [6, 6.07) is 10.7. The summed E-state index contributed by atoms with van der Waals surface area (Å²) in [5.41, 5.74) is 4.85. The SMILES string of the molecule is Cc1ncsc1C1N(C2CCN(Cc3ccc(C#N)cc3)CC2)C(=O)C12CCCC2. The Kier molecular flexibility index (Phi) is 5.12. The van der Waals surface area contributed by atoms with Crippen molar-refractivity contribution in [3.63, 3.8) is 0 Å². The number of amides is 1. The molecular weight excluding hydrogens is 392 g/mol. The summed E-state index contributed by atoms with van der Waals surface area (Å²) < 4.78 is 0. The van der Waals surface area contributed by atoms with Gasteiger partial charge in [0.1, 0.15) is 0 Å². The predicted molar refractivity (Wildman–Crippen MR) is 117 cm³/mol. The van der Waals surface area contributed by atoms with Crippen molar-refractivity contribution in [1.82, 2.24) is 14.8 Å². The molecule has 1 amide bonds. The molecule has 6 heteroatoms. The van der Waals surface area contributed by atoms with E-state index in [1.165, 1.54) is 23.3 Å². The number of β-lactam (4-membered cyclic amide) rings is 1. The number of carbonyl (C=O) groups is 1. The Hall–Kier alpha value is -2.23. The number of benzene rings is 1. The van der Waals surface area contributed by atoms with Crippen LogP contribution in [0.25, 0.3) is 0 Å². The molecule has 0 bridgehead atoms. The second-order valence-corrected chi connectivity index (χ2v) is 9.98. The van der Waals surface area contributed by atoms with Crippen molar-refractivity contribution in [2.24, 2.45) is 5.41 Å².